The molecule has 3 aromatic rings. The zero-order valence-corrected chi connectivity index (χ0v) is 14.4. The number of nitrogens with two attached hydrogens (primary N) is 1. The third kappa shape index (κ3) is 3.39. The summed E-state index contributed by atoms with van der Waals surface area (Å²) in [7, 11) is 0. The summed E-state index contributed by atoms with van der Waals surface area (Å²) in [5.41, 5.74) is -5.05. The van der Waals surface area contributed by atoms with Crippen molar-refractivity contribution >= 4 is 22.6 Å². The van der Waals surface area contributed by atoms with Gasteiger partial charge in [0.25, 0.3) is 5.91 Å². The van der Waals surface area contributed by atoms with Crippen LogP contribution in [0.3, 0.4) is 0 Å². The zero-order chi connectivity index (χ0) is 23.6. The predicted octanol–water partition coefficient (Wildman–Crippen LogP) is 3.79. The van der Waals surface area contributed by atoms with Gasteiger partial charge in [-0.2, -0.15) is 43.9 Å². The quantitative estimate of drug-likeness (QED) is 0.268. The first-order valence-electron chi connectivity index (χ1n) is 7.76. The highest BCUT2D eigenvalue weighted by molar-refractivity contribution is 5.93. The second-order valence-corrected chi connectivity index (χ2v) is 6.10. The van der Waals surface area contributed by atoms with Crippen LogP contribution in [0.2, 0.25) is 0 Å². The Labute approximate surface area is 163 Å². The number of halogens is 10. The maximum Gasteiger partial charge on any atom is 0.459 e. The molecule has 0 saturated heterocycles. The highest BCUT2D eigenvalue weighted by Crippen LogP contribution is 2.49. The summed E-state index contributed by atoms with van der Waals surface area (Å²) in [6, 6.07) is 0.744. The van der Waals surface area contributed by atoms with E-state index in [1.807, 2.05) is 0 Å². The predicted molar refractivity (Wildman–Crippen MR) is 82.0 cm³/mol. The van der Waals surface area contributed by atoms with Crippen LogP contribution in [0.25, 0.3) is 16.7 Å². The molecule has 0 radical (unpaired) electrons. The van der Waals surface area contributed by atoms with Crippen LogP contribution in [0.4, 0.5) is 43.9 Å². The average Bonchev–Trinajstić information content (AvgIpc) is 3.09. The number of imidazole rings is 1. The lowest BCUT2D eigenvalue weighted by Gasteiger charge is -2.24. The molecule has 0 bridgehead atoms. The number of hydrazine groups is 1. The SMILES string of the molecule is NNC(=O)c1cn2c(ccc3c(C(F)(F)C(F)(F)F)cc(C(F)(F)C(F)(F)F)nc32)n1. The molecule has 0 saturated carbocycles. The first-order valence-corrected chi connectivity index (χ1v) is 7.76. The number of rotatable bonds is 3. The standard InChI is InChI=1S/C15H7F10N5O/c16-12(17,14(20,21)22)6-3-8(13(18,19)15(23,24)25)28-10-5(6)1-2-9-27-7(4-30(9)10)11(31)29-26/h1-4H,26H2,(H,29,31). The zero-order valence-electron chi connectivity index (χ0n) is 14.4. The summed E-state index contributed by atoms with van der Waals surface area (Å²) in [5, 5.41) is -1.10. The van der Waals surface area contributed by atoms with Crippen LogP contribution in [-0.4, -0.2) is 32.6 Å². The largest absolute Gasteiger partial charge is 0.459 e. The molecule has 31 heavy (non-hydrogen) atoms. The third-order valence-electron chi connectivity index (χ3n) is 4.13. The van der Waals surface area contributed by atoms with Crippen molar-refractivity contribution in [3.8, 4) is 0 Å². The van der Waals surface area contributed by atoms with Crippen molar-refractivity contribution in [3.05, 3.63) is 41.3 Å². The van der Waals surface area contributed by atoms with Gasteiger partial charge in [0.2, 0.25) is 0 Å². The topological polar surface area (TPSA) is 85.3 Å². The van der Waals surface area contributed by atoms with Crippen LogP contribution >= 0.6 is 0 Å². The van der Waals surface area contributed by atoms with Crippen LogP contribution in [0.1, 0.15) is 21.7 Å². The van der Waals surface area contributed by atoms with E-state index in [1.54, 1.807) is 5.43 Å². The van der Waals surface area contributed by atoms with Gasteiger partial charge in [0.1, 0.15) is 22.7 Å². The number of carbonyl (C=O) groups excluding carboxylic acids is 1. The Bertz CT molecular complexity index is 1180. The number of alkyl halides is 10. The normalized spacial score (nSPS) is 13.8. The minimum absolute atomic E-state index is 0.382. The molecule has 0 fully saturated rings. The fraction of sp³-hybridized carbons (Fsp3) is 0.267. The number of nitrogens with one attached hydrogen (secondary N) is 1. The summed E-state index contributed by atoms with van der Waals surface area (Å²) in [6.07, 6.45) is -12.0. The number of pyridine rings is 2. The summed E-state index contributed by atoms with van der Waals surface area (Å²) >= 11 is 0. The maximum absolute atomic E-state index is 14.1. The third-order valence-corrected chi connectivity index (χ3v) is 4.13. The van der Waals surface area contributed by atoms with E-state index in [0.717, 1.165) is 6.07 Å². The molecule has 6 nitrogen and oxygen atoms in total. The first-order chi connectivity index (χ1) is 14.0. The van der Waals surface area contributed by atoms with E-state index in [0.29, 0.717) is 16.7 Å². The van der Waals surface area contributed by atoms with E-state index >= 15 is 0 Å². The van der Waals surface area contributed by atoms with Crippen LogP contribution < -0.4 is 11.3 Å². The van der Waals surface area contributed by atoms with Crippen molar-refractivity contribution < 1.29 is 48.7 Å². The summed E-state index contributed by atoms with van der Waals surface area (Å²) < 4.78 is 133. The molecule has 0 aromatic carbocycles. The molecule has 3 N–H and O–H groups in total. The van der Waals surface area contributed by atoms with Crippen molar-refractivity contribution in [1.29, 1.82) is 0 Å². The number of fused-ring (bicyclic) bond motifs is 3. The van der Waals surface area contributed by atoms with E-state index in [2.05, 4.69) is 9.97 Å². The highest BCUT2D eigenvalue weighted by Gasteiger charge is 2.63. The van der Waals surface area contributed by atoms with Crippen molar-refractivity contribution in [1.82, 2.24) is 19.8 Å². The molecule has 0 aliphatic heterocycles. The number of aromatic nitrogens is 3. The minimum Gasteiger partial charge on any atom is -0.289 e. The summed E-state index contributed by atoms with van der Waals surface area (Å²) in [5.74, 6) is -7.89. The van der Waals surface area contributed by atoms with Gasteiger partial charge in [0.15, 0.2) is 0 Å². The van der Waals surface area contributed by atoms with Gasteiger partial charge in [-0.3, -0.25) is 14.6 Å². The van der Waals surface area contributed by atoms with Crippen molar-refractivity contribution in [3.63, 3.8) is 0 Å². The van der Waals surface area contributed by atoms with Crippen LogP contribution in [0, 0.1) is 0 Å². The van der Waals surface area contributed by atoms with E-state index in [9.17, 15) is 48.7 Å². The fourth-order valence-electron chi connectivity index (χ4n) is 2.63. The number of hydrogen-bond donors (Lipinski definition) is 2. The molecule has 16 heteroatoms. The van der Waals surface area contributed by atoms with E-state index in [-0.39, 0.29) is 5.65 Å². The van der Waals surface area contributed by atoms with Crippen molar-refractivity contribution in [2.75, 3.05) is 0 Å². The monoisotopic (exact) mass is 463 g/mol. The Hall–Kier alpha value is -3.17. The number of amides is 1. The summed E-state index contributed by atoms with van der Waals surface area (Å²) in [4.78, 5) is 18.2. The Morgan fingerprint density at radius 2 is 1.48 bits per heavy atom. The van der Waals surface area contributed by atoms with Gasteiger partial charge >= 0.3 is 24.2 Å². The lowest BCUT2D eigenvalue weighted by atomic mass is 10.0. The fourth-order valence-corrected chi connectivity index (χ4v) is 2.63. The second kappa shape index (κ2) is 6.66. The van der Waals surface area contributed by atoms with Crippen LogP contribution in [-0.2, 0) is 11.8 Å². The van der Waals surface area contributed by atoms with E-state index in [4.69, 9.17) is 5.84 Å². The smallest absolute Gasteiger partial charge is 0.289 e. The molecule has 0 aliphatic rings. The Morgan fingerprint density at radius 3 is 2.00 bits per heavy atom. The van der Waals surface area contributed by atoms with Gasteiger partial charge in [0.05, 0.1) is 0 Å². The highest BCUT2D eigenvalue weighted by atomic mass is 19.4. The van der Waals surface area contributed by atoms with E-state index in [1.165, 1.54) is 0 Å². The molecular formula is C15H7F10N5O. The Morgan fingerprint density at radius 1 is 0.903 bits per heavy atom. The molecule has 0 aliphatic carbocycles. The number of nitrogen functional groups attached to an aromatic ring is 1. The lowest BCUT2D eigenvalue weighted by molar-refractivity contribution is -0.293. The number of carbonyl (C=O) groups is 1. The molecule has 168 valence electrons. The van der Waals surface area contributed by atoms with Gasteiger partial charge in [-0.15, -0.1) is 0 Å². The van der Waals surface area contributed by atoms with Gasteiger partial charge < -0.3 is 0 Å². The van der Waals surface area contributed by atoms with Crippen molar-refractivity contribution in [2.45, 2.75) is 24.2 Å². The van der Waals surface area contributed by atoms with Gasteiger partial charge in [-0.1, -0.05) is 0 Å². The van der Waals surface area contributed by atoms with Crippen LogP contribution in [0.15, 0.2) is 24.4 Å². The van der Waals surface area contributed by atoms with Gasteiger partial charge in [-0.05, 0) is 18.2 Å². The number of hydrogen-bond acceptors (Lipinski definition) is 4. The summed E-state index contributed by atoms with van der Waals surface area (Å²) in [6.45, 7) is 0. The second-order valence-electron chi connectivity index (χ2n) is 6.10. The first kappa shape index (κ1) is 22.5. The van der Waals surface area contributed by atoms with Crippen molar-refractivity contribution in [2.24, 2.45) is 5.84 Å². The van der Waals surface area contributed by atoms with Gasteiger partial charge in [0, 0.05) is 17.1 Å². The van der Waals surface area contributed by atoms with Crippen LogP contribution in [0.5, 0.6) is 0 Å². The Kier molecular flexibility index (Phi) is 4.84. The molecule has 0 atom stereocenters. The molecule has 0 unspecified atom stereocenters. The molecule has 3 heterocycles. The van der Waals surface area contributed by atoms with E-state index < -0.39 is 64.2 Å². The number of nitrogens with zero attached hydrogens (tertiary/aromatic N) is 3. The minimum atomic E-state index is -6.36. The average molecular weight is 463 g/mol. The molecule has 3 aromatic heterocycles. The molecule has 3 rings (SSSR count). The van der Waals surface area contributed by atoms with Gasteiger partial charge in [-0.25, -0.2) is 15.8 Å². The lowest BCUT2D eigenvalue weighted by Crippen LogP contribution is -2.37. The molecule has 1 amide bonds. The molecule has 0 spiro atoms. The maximum atomic E-state index is 14.1. The Balaban J connectivity index is 2.48. The molecular weight excluding hydrogens is 456 g/mol.